The highest BCUT2D eigenvalue weighted by molar-refractivity contribution is 6.30. The van der Waals surface area contributed by atoms with Crippen molar-refractivity contribution in [1.82, 2.24) is 14.5 Å². The normalized spacial score (nSPS) is 14.6. The molecule has 0 bridgehead atoms. The number of hydrogen-bond acceptors (Lipinski definition) is 5. The zero-order chi connectivity index (χ0) is 20.5. The molecule has 0 N–H and O–H groups in total. The molecule has 0 spiro atoms. The number of rotatable bonds is 4. The van der Waals surface area contributed by atoms with Gasteiger partial charge in [0.2, 0.25) is 11.6 Å². The van der Waals surface area contributed by atoms with Crippen LogP contribution in [0.25, 0.3) is 11.1 Å². The van der Waals surface area contributed by atoms with Crippen molar-refractivity contribution in [3.05, 3.63) is 57.3 Å². The minimum Gasteiger partial charge on any atom is -0.443 e. The Morgan fingerprint density at radius 3 is 2.69 bits per heavy atom. The van der Waals surface area contributed by atoms with Gasteiger partial charge in [-0.1, -0.05) is 17.7 Å². The molecule has 3 heterocycles. The van der Waals surface area contributed by atoms with E-state index < -0.39 is 0 Å². The van der Waals surface area contributed by atoms with Gasteiger partial charge in [-0.2, -0.15) is 0 Å². The van der Waals surface area contributed by atoms with Crippen LogP contribution in [-0.2, 0) is 11.3 Å². The molecule has 0 saturated carbocycles. The molecule has 0 atom stereocenters. The molecular weight excluding hydrogens is 392 g/mol. The van der Waals surface area contributed by atoms with Crippen LogP contribution >= 0.6 is 11.6 Å². The number of carbonyl (C=O) groups is 1. The Labute approximate surface area is 173 Å². The Morgan fingerprint density at radius 1 is 1.21 bits per heavy atom. The van der Waals surface area contributed by atoms with Crippen molar-refractivity contribution in [2.24, 2.45) is 0 Å². The minimum atomic E-state index is -0.164. The van der Waals surface area contributed by atoms with Gasteiger partial charge in [0.1, 0.15) is 17.5 Å². The van der Waals surface area contributed by atoms with Gasteiger partial charge < -0.3 is 14.2 Å². The topological polar surface area (TPSA) is 71.6 Å². The average Bonchev–Trinajstić information content (AvgIpc) is 3.02. The second-order valence-electron chi connectivity index (χ2n) is 7.30. The molecule has 1 amide bonds. The van der Waals surface area contributed by atoms with Crippen molar-refractivity contribution < 1.29 is 9.21 Å². The predicted molar refractivity (Wildman–Crippen MR) is 113 cm³/mol. The van der Waals surface area contributed by atoms with Crippen LogP contribution in [0.15, 0.2) is 39.8 Å². The van der Waals surface area contributed by atoms with Gasteiger partial charge in [0, 0.05) is 55.4 Å². The Hall–Kier alpha value is -2.80. The molecule has 29 heavy (non-hydrogen) atoms. The smallest absolute Gasteiger partial charge is 0.264 e. The second kappa shape index (κ2) is 7.91. The molecular formula is C21H23ClN4O3. The number of furan rings is 1. The summed E-state index contributed by atoms with van der Waals surface area (Å²) in [6.07, 6.45) is 1.72. The van der Waals surface area contributed by atoms with Crippen molar-refractivity contribution in [3.63, 3.8) is 0 Å². The molecule has 3 aromatic rings. The summed E-state index contributed by atoms with van der Waals surface area (Å²) in [5.41, 5.74) is 2.06. The van der Waals surface area contributed by atoms with E-state index in [0.717, 1.165) is 24.3 Å². The number of carbonyl (C=O) groups excluding carboxylic acids is 1. The summed E-state index contributed by atoms with van der Waals surface area (Å²) < 4.78 is 6.99. The molecule has 2 aromatic heterocycles. The first-order valence-electron chi connectivity index (χ1n) is 9.67. The number of benzene rings is 1. The Balaban J connectivity index is 1.37. The van der Waals surface area contributed by atoms with Gasteiger partial charge in [-0.3, -0.25) is 14.2 Å². The lowest BCUT2D eigenvalue weighted by atomic mass is 10.2. The Morgan fingerprint density at radius 2 is 1.97 bits per heavy atom. The molecule has 1 aromatic carbocycles. The summed E-state index contributed by atoms with van der Waals surface area (Å²) in [6, 6.07) is 7.75. The van der Waals surface area contributed by atoms with Crippen LogP contribution in [0.4, 0.5) is 5.69 Å². The molecule has 0 unspecified atom stereocenters. The van der Waals surface area contributed by atoms with Crippen molar-refractivity contribution in [3.8, 4) is 0 Å². The number of hydrogen-bond donors (Lipinski definition) is 0. The summed E-state index contributed by atoms with van der Waals surface area (Å²) in [4.78, 5) is 33.6. The maximum Gasteiger partial charge on any atom is 0.264 e. The monoisotopic (exact) mass is 414 g/mol. The lowest BCUT2D eigenvalue weighted by Gasteiger charge is -2.36. The van der Waals surface area contributed by atoms with Gasteiger partial charge in [0.15, 0.2) is 0 Å². The zero-order valence-corrected chi connectivity index (χ0v) is 17.3. The first kappa shape index (κ1) is 19.5. The van der Waals surface area contributed by atoms with Gasteiger partial charge in [0.25, 0.3) is 5.56 Å². The predicted octanol–water partition coefficient (Wildman–Crippen LogP) is 3.00. The van der Waals surface area contributed by atoms with Gasteiger partial charge in [0.05, 0.1) is 0 Å². The van der Waals surface area contributed by atoms with Crippen molar-refractivity contribution in [2.45, 2.75) is 26.8 Å². The highest BCUT2D eigenvalue weighted by Gasteiger charge is 2.22. The lowest BCUT2D eigenvalue weighted by Crippen LogP contribution is -2.49. The molecule has 7 nitrogen and oxygen atoms in total. The molecule has 1 saturated heterocycles. The third kappa shape index (κ3) is 3.87. The van der Waals surface area contributed by atoms with E-state index in [-0.39, 0.29) is 17.9 Å². The number of anilines is 1. The van der Waals surface area contributed by atoms with E-state index in [1.165, 1.54) is 10.9 Å². The van der Waals surface area contributed by atoms with Gasteiger partial charge in [-0.15, -0.1) is 0 Å². The fraction of sp³-hybridized carbons (Fsp3) is 0.381. The Bertz CT molecular complexity index is 1110. The van der Waals surface area contributed by atoms with Crippen molar-refractivity contribution in [2.75, 3.05) is 31.1 Å². The van der Waals surface area contributed by atoms with E-state index in [9.17, 15) is 9.59 Å². The van der Waals surface area contributed by atoms with E-state index in [1.54, 1.807) is 0 Å². The van der Waals surface area contributed by atoms with E-state index in [0.29, 0.717) is 41.5 Å². The maximum absolute atomic E-state index is 12.7. The highest BCUT2D eigenvalue weighted by atomic mass is 35.5. The summed E-state index contributed by atoms with van der Waals surface area (Å²) in [5.74, 6) is 0.735. The van der Waals surface area contributed by atoms with Crippen LogP contribution in [0, 0.1) is 13.8 Å². The van der Waals surface area contributed by atoms with Crippen molar-refractivity contribution in [1.29, 1.82) is 0 Å². The number of amides is 1. The van der Waals surface area contributed by atoms with Gasteiger partial charge in [-0.25, -0.2) is 4.98 Å². The fourth-order valence-corrected chi connectivity index (χ4v) is 3.87. The van der Waals surface area contributed by atoms with Crippen molar-refractivity contribution >= 4 is 34.3 Å². The number of piperazine rings is 1. The quantitative estimate of drug-likeness (QED) is 0.656. The first-order valence-corrected chi connectivity index (χ1v) is 10.1. The average molecular weight is 415 g/mol. The Kier molecular flexibility index (Phi) is 5.32. The molecule has 8 heteroatoms. The first-order chi connectivity index (χ1) is 13.9. The summed E-state index contributed by atoms with van der Waals surface area (Å²) in [5, 5.41) is 1.20. The third-order valence-corrected chi connectivity index (χ3v) is 5.76. The largest absolute Gasteiger partial charge is 0.443 e. The fourth-order valence-electron chi connectivity index (χ4n) is 3.69. The lowest BCUT2D eigenvalue weighted by molar-refractivity contribution is -0.131. The summed E-state index contributed by atoms with van der Waals surface area (Å²) in [6.45, 7) is 6.78. The molecule has 1 fully saturated rings. The van der Waals surface area contributed by atoms with Crippen LogP contribution in [-0.4, -0.2) is 46.5 Å². The van der Waals surface area contributed by atoms with Gasteiger partial charge in [-0.05, 0) is 32.0 Å². The number of nitrogens with zero attached hydrogens (tertiary/aromatic N) is 4. The van der Waals surface area contributed by atoms with Crippen LogP contribution in [0.2, 0.25) is 5.02 Å². The van der Waals surface area contributed by atoms with Gasteiger partial charge >= 0.3 is 0 Å². The van der Waals surface area contributed by atoms with E-state index in [2.05, 4.69) is 9.88 Å². The van der Waals surface area contributed by atoms with Crippen LogP contribution < -0.4 is 10.5 Å². The van der Waals surface area contributed by atoms with E-state index in [1.807, 2.05) is 43.0 Å². The zero-order valence-electron chi connectivity index (χ0n) is 16.5. The number of halogens is 1. The van der Waals surface area contributed by atoms with E-state index >= 15 is 0 Å². The SMILES string of the molecule is Cc1oc2ncn(CCC(=O)N3CCN(c4cccc(Cl)c4)CC3)c(=O)c2c1C. The molecule has 152 valence electrons. The molecule has 4 rings (SSSR count). The number of aryl methyl sites for hydroxylation is 3. The number of fused-ring (bicyclic) bond motifs is 1. The standard InChI is InChI=1S/C21H23ClN4O3/c1-14-15(2)29-20-19(14)21(28)26(13-23-20)7-6-18(27)25-10-8-24(9-11-25)17-5-3-4-16(22)12-17/h3-5,12-13H,6-11H2,1-2H3. The van der Waals surface area contributed by atoms with Crippen LogP contribution in [0.1, 0.15) is 17.7 Å². The summed E-state index contributed by atoms with van der Waals surface area (Å²) in [7, 11) is 0. The molecule has 1 aliphatic rings. The highest BCUT2D eigenvalue weighted by Crippen LogP contribution is 2.21. The second-order valence-corrected chi connectivity index (χ2v) is 7.74. The van der Waals surface area contributed by atoms with E-state index in [4.69, 9.17) is 16.0 Å². The number of aromatic nitrogens is 2. The molecule has 1 aliphatic heterocycles. The van der Waals surface area contributed by atoms with Crippen LogP contribution in [0.3, 0.4) is 0 Å². The summed E-state index contributed by atoms with van der Waals surface area (Å²) >= 11 is 6.07. The minimum absolute atomic E-state index is 0.0443. The molecule has 0 radical (unpaired) electrons. The van der Waals surface area contributed by atoms with Crippen LogP contribution in [0.5, 0.6) is 0 Å². The maximum atomic E-state index is 12.7. The molecule has 0 aliphatic carbocycles. The third-order valence-electron chi connectivity index (χ3n) is 5.53.